The number of carbonyl (C=O) groups excluding carboxylic acids is 1. The zero-order valence-corrected chi connectivity index (χ0v) is 17.9. The Balaban J connectivity index is 0.00000300. The van der Waals surface area contributed by atoms with Crippen molar-refractivity contribution in [3.05, 3.63) is 35.4 Å². The quantitative estimate of drug-likeness (QED) is 0.621. The van der Waals surface area contributed by atoms with Crippen LogP contribution in [0.4, 0.5) is 0 Å². The molecule has 7 heteroatoms. The van der Waals surface area contributed by atoms with Gasteiger partial charge in [0.1, 0.15) is 5.54 Å². The third-order valence-corrected chi connectivity index (χ3v) is 6.24. The Kier molecular flexibility index (Phi) is 8.93. The molecule has 2 aliphatic rings. The summed E-state index contributed by atoms with van der Waals surface area (Å²) in [5.41, 5.74) is 0.565. The highest BCUT2D eigenvalue weighted by atomic mass is 35.5. The fourth-order valence-electron chi connectivity index (χ4n) is 4.27. The van der Waals surface area contributed by atoms with Gasteiger partial charge in [-0.3, -0.25) is 4.79 Å². The molecule has 3 rings (SSSR count). The van der Waals surface area contributed by atoms with Gasteiger partial charge < -0.3 is 20.5 Å². The van der Waals surface area contributed by atoms with Crippen molar-refractivity contribution in [3.63, 3.8) is 0 Å². The maximum absolute atomic E-state index is 13.2. The lowest BCUT2D eigenvalue weighted by atomic mass is 9.85. The summed E-state index contributed by atoms with van der Waals surface area (Å²) in [5, 5.41) is 15.8. The average molecular weight is 425 g/mol. The van der Waals surface area contributed by atoms with E-state index in [0.29, 0.717) is 32.0 Å². The standard InChI is InChI=1S/C22H32N2O4.ClH/c1-16(18-7-9-19(10-8-18)20(25)26)24-21(27)22(11-13-28-14-12-22)23-15-17-5-3-2-4-6-17;/h7-10,16-17,23H,2-6,11-15H2,1H3,(H,24,27)(H,25,26);1H/t16-;/m0./s1. The van der Waals surface area contributed by atoms with E-state index in [0.717, 1.165) is 12.1 Å². The Morgan fingerprint density at radius 2 is 1.76 bits per heavy atom. The lowest BCUT2D eigenvalue weighted by molar-refractivity contribution is -0.132. The summed E-state index contributed by atoms with van der Waals surface area (Å²) >= 11 is 0. The number of carboxylic acids is 1. The van der Waals surface area contributed by atoms with Crippen molar-refractivity contribution in [3.8, 4) is 0 Å². The summed E-state index contributed by atoms with van der Waals surface area (Å²) in [6.45, 7) is 4.00. The van der Waals surface area contributed by atoms with Gasteiger partial charge in [0.25, 0.3) is 0 Å². The van der Waals surface area contributed by atoms with Gasteiger partial charge >= 0.3 is 5.97 Å². The SMILES string of the molecule is C[C@H](NC(=O)C1(NCC2CCCCC2)CCOCC1)c1ccc(C(=O)O)cc1.Cl. The predicted molar refractivity (Wildman–Crippen MR) is 115 cm³/mol. The molecule has 1 atom stereocenters. The molecule has 1 aromatic rings. The van der Waals surface area contributed by atoms with Crippen LogP contribution in [0.25, 0.3) is 0 Å². The van der Waals surface area contributed by atoms with Crippen molar-refractivity contribution in [2.75, 3.05) is 19.8 Å². The first-order chi connectivity index (χ1) is 13.5. The molecule has 0 aromatic heterocycles. The first kappa shape index (κ1) is 23.6. The number of carbonyl (C=O) groups is 2. The van der Waals surface area contributed by atoms with Gasteiger partial charge in [-0.1, -0.05) is 31.4 Å². The monoisotopic (exact) mass is 424 g/mol. The van der Waals surface area contributed by atoms with Crippen LogP contribution in [0.15, 0.2) is 24.3 Å². The van der Waals surface area contributed by atoms with Gasteiger partial charge in [-0.15, -0.1) is 12.4 Å². The summed E-state index contributed by atoms with van der Waals surface area (Å²) in [7, 11) is 0. The molecule has 0 unspecified atom stereocenters. The molecule has 29 heavy (non-hydrogen) atoms. The first-order valence-corrected chi connectivity index (χ1v) is 10.5. The second kappa shape index (κ2) is 11.0. The van der Waals surface area contributed by atoms with Crippen LogP contribution >= 0.6 is 12.4 Å². The largest absolute Gasteiger partial charge is 0.478 e. The van der Waals surface area contributed by atoms with Crippen LogP contribution < -0.4 is 10.6 Å². The molecule has 2 fully saturated rings. The number of hydrogen-bond acceptors (Lipinski definition) is 4. The molecule has 1 amide bonds. The first-order valence-electron chi connectivity index (χ1n) is 10.5. The lowest BCUT2D eigenvalue weighted by Gasteiger charge is -2.39. The molecule has 0 spiro atoms. The van der Waals surface area contributed by atoms with Crippen molar-refractivity contribution >= 4 is 24.3 Å². The number of benzene rings is 1. The van der Waals surface area contributed by atoms with Crippen molar-refractivity contribution in [1.82, 2.24) is 10.6 Å². The minimum Gasteiger partial charge on any atom is -0.478 e. The smallest absolute Gasteiger partial charge is 0.335 e. The van der Waals surface area contributed by atoms with Crippen molar-refractivity contribution < 1.29 is 19.4 Å². The fourth-order valence-corrected chi connectivity index (χ4v) is 4.27. The van der Waals surface area contributed by atoms with E-state index in [4.69, 9.17) is 9.84 Å². The van der Waals surface area contributed by atoms with E-state index >= 15 is 0 Å². The molecule has 1 saturated carbocycles. The van der Waals surface area contributed by atoms with Gasteiger partial charge in [-0.2, -0.15) is 0 Å². The second-order valence-corrected chi connectivity index (χ2v) is 8.20. The van der Waals surface area contributed by atoms with E-state index in [9.17, 15) is 9.59 Å². The van der Waals surface area contributed by atoms with Crippen molar-refractivity contribution in [2.45, 2.75) is 63.5 Å². The van der Waals surface area contributed by atoms with Crippen LogP contribution in [-0.2, 0) is 9.53 Å². The van der Waals surface area contributed by atoms with Crippen LogP contribution in [0.2, 0.25) is 0 Å². The van der Waals surface area contributed by atoms with Crippen LogP contribution in [-0.4, -0.2) is 42.3 Å². The summed E-state index contributed by atoms with van der Waals surface area (Å²) in [6.07, 6.45) is 7.75. The maximum atomic E-state index is 13.2. The Labute approximate surface area is 179 Å². The van der Waals surface area contributed by atoms with E-state index in [1.807, 2.05) is 6.92 Å². The average Bonchev–Trinajstić information content (AvgIpc) is 2.73. The number of halogens is 1. The molecular weight excluding hydrogens is 392 g/mol. The molecule has 3 N–H and O–H groups in total. The topological polar surface area (TPSA) is 87.7 Å². The molecule has 6 nitrogen and oxygen atoms in total. The van der Waals surface area contributed by atoms with Crippen LogP contribution in [0.5, 0.6) is 0 Å². The van der Waals surface area contributed by atoms with Gasteiger partial charge in [-0.05, 0) is 62.8 Å². The summed E-state index contributed by atoms with van der Waals surface area (Å²) in [5.74, 6) is -0.278. The number of ether oxygens (including phenoxy) is 1. The molecule has 0 bridgehead atoms. The van der Waals surface area contributed by atoms with Crippen molar-refractivity contribution in [2.24, 2.45) is 5.92 Å². The van der Waals surface area contributed by atoms with E-state index in [1.54, 1.807) is 24.3 Å². The number of hydrogen-bond donors (Lipinski definition) is 3. The van der Waals surface area contributed by atoms with E-state index < -0.39 is 11.5 Å². The Hall–Kier alpha value is -1.63. The minimum atomic E-state index is -0.948. The Morgan fingerprint density at radius 1 is 1.14 bits per heavy atom. The van der Waals surface area contributed by atoms with Crippen LogP contribution in [0.3, 0.4) is 0 Å². The van der Waals surface area contributed by atoms with Gasteiger partial charge in [0.2, 0.25) is 5.91 Å². The van der Waals surface area contributed by atoms with Gasteiger partial charge in [0, 0.05) is 13.2 Å². The predicted octanol–water partition coefficient (Wildman–Crippen LogP) is 3.70. The highest BCUT2D eigenvalue weighted by Crippen LogP contribution is 2.27. The fraction of sp³-hybridized carbons (Fsp3) is 0.636. The van der Waals surface area contributed by atoms with Gasteiger partial charge in [0.05, 0.1) is 11.6 Å². The van der Waals surface area contributed by atoms with Crippen LogP contribution in [0.1, 0.15) is 73.8 Å². The van der Waals surface area contributed by atoms with Crippen molar-refractivity contribution in [1.29, 1.82) is 0 Å². The normalized spacial score (nSPS) is 20.3. The van der Waals surface area contributed by atoms with E-state index in [2.05, 4.69) is 10.6 Å². The van der Waals surface area contributed by atoms with Gasteiger partial charge in [0.15, 0.2) is 0 Å². The molecular formula is C22H33ClN2O4. The molecule has 1 aliphatic heterocycles. The molecule has 1 saturated heterocycles. The number of aromatic carboxylic acids is 1. The zero-order valence-electron chi connectivity index (χ0n) is 17.1. The van der Waals surface area contributed by atoms with Gasteiger partial charge in [-0.25, -0.2) is 4.79 Å². The Bertz CT molecular complexity index is 668. The highest BCUT2D eigenvalue weighted by molar-refractivity contribution is 5.88. The minimum absolute atomic E-state index is 0. The third-order valence-electron chi connectivity index (χ3n) is 6.24. The second-order valence-electron chi connectivity index (χ2n) is 8.20. The molecule has 1 aliphatic carbocycles. The third kappa shape index (κ3) is 6.17. The summed E-state index contributed by atoms with van der Waals surface area (Å²) < 4.78 is 5.52. The molecule has 1 aromatic carbocycles. The zero-order chi connectivity index (χ0) is 20.0. The van der Waals surface area contributed by atoms with Crippen LogP contribution in [0, 0.1) is 5.92 Å². The molecule has 0 radical (unpaired) electrons. The van der Waals surface area contributed by atoms with E-state index in [-0.39, 0.29) is 29.9 Å². The molecule has 162 valence electrons. The number of amides is 1. The lowest BCUT2D eigenvalue weighted by Crippen LogP contribution is -2.60. The number of nitrogens with one attached hydrogen (secondary N) is 2. The molecule has 1 heterocycles. The summed E-state index contributed by atoms with van der Waals surface area (Å²) in [6, 6.07) is 6.49. The van der Waals surface area contributed by atoms with E-state index in [1.165, 1.54) is 32.1 Å². The number of rotatable bonds is 7. The summed E-state index contributed by atoms with van der Waals surface area (Å²) in [4.78, 5) is 24.2. The maximum Gasteiger partial charge on any atom is 0.335 e. The highest BCUT2D eigenvalue weighted by Gasteiger charge is 2.40. The Morgan fingerprint density at radius 3 is 2.34 bits per heavy atom. The number of carboxylic acid groups (broad SMARTS) is 1.